The average molecular weight is 356 g/mol. The molecular weight excluding hydrogens is 338 g/mol. The number of aryl methyl sites for hydroxylation is 1. The highest BCUT2D eigenvalue weighted by Gasteiger charge is 2.16. The van der Waals surface area contributed by atoms with E-state index in [4.69, 9.17) is 15.4 Å². The molecule has 120 valence electrons. The summed E-state index contributed by atoms with van der Waals surface area (Å²) in [5, 5.41) is 0. The molecule has 1 aromatic carbocycles. The summed E-state index contributed by atoms with van der Waals surface area (Å²) in [7, 11) is -2.13. The molecule has 0 unspecified atom stereocenters. The van der Waals surface area contributed by atoms with Gasteiger partial charge < -0.3 is 4.74 Å². The van der Waals surface area contributed by atoms with Crippen LogP contribution in [0.25, 0.3) is 0 Å². The van der Waals surface area contributed by atoms with E-state index in [1.54, 1.807) is 0 Å². The van der Waals surface area contributed by atoms with E-state index in [1.165, 1.54) is 25.1 Å². The maximum absolute atomic E-state index is 11.8. The lowest BCUT2D eigenvalue weighted by Crippen LogP contribution is -2.21. The van der Waals surface area contributed by atoms with Crippen molar-refractivity contribution in [1.82, 2.24) is 0 Å². The molecule has 0 aromatic heterocycles. The van der Waals surface area contributed by atoms with Gasteiger partial charge in [0, 0.05) is 16.4 Å². The van der Waals surface area contributed by atoms with E-state index in [9.17, 15) is 16.8 Å². The molecular formula is C12H18ClNO5S2. The van der Waals surface area contributed by atoms with Crippen LogP contribution < -0.4 is 4.72 Å². The number of benzene rings is 1. The first-order chi connectivity index (χ1) is 9.51. The first-order valence-corrected chi connectivity index (χ1v) is 10.1. The van der Waals surface area contributed by atoms with Crippen molar-refractivity contribution >= 4 is 35.4 Å². The molecule has 0 radical (unpaired) electrons. The lowest BCUT2D eigenvalue weighted by atomic mass is 10.2. The number of rotatable bonds is 7. The minimum absolute atomic E-state index is 0.0457. The van der Waals surface area contributed by atoms with Crippen molar-refractivity contribution in [2.75, 3.05) is 17.1 Å². The second-order valence-electron chi connectivity index (χ2n) is 4.76. The fraction of sp³-hybridized carbons (Fsp3) is 0.500. The minimum Gasteiger partial charge on any atom is -0.378 e. The lowest BCUT2D eigenvalue weighted by molar-refractivity contribution is 0.0913. The van der Waals surface area contributed by atoms with Crippen LogP contribution in [0.2, 0.25) is 0 Å². The Balaban J connectivity index is 2.82. The maximum Gasteiger partial charge on any atom is 0.261 e. The van der Waals surface area contributed by atoms with Crippen LogP contribution in [0, 0.1) is 6.92 Å². The zero-order valence-corrected chi connectivity index (χ0v) is 14.3. The third-order valence-corrected chi connectivity index (χ3v) is 5.25. The van der Waals surface area contributed by atoms with E-state index in [1.807, 2.05) is 13.8 Å². The molecule has 1 rings (SSSR count). The fourth-order valence-electron chi connectivity index (χ4n) is 1.61. The number of sulfonamides is 1. The molecule has 21 heavy (non-hydrogen) atoms. The first-order valence-electron chi connectivity index (χ1n) is 6.19. The summed E-state index contributed by atoms with van der Waals surface area (Å²) in [6, 6.07) is 4.03. The number of nitrogens with one attached hydrogen (secondary N) is 1. The Bertz CT molecular complexity index is 698. The van der Waals surface area contributed by atoms with Gasteiger partial charge in [-0.1, -0.05) is 0 Å². The van der Waals surface area contributed by atoms with Crippen LogP contribution in [0.3, 0.4) is 0 Å². The highest BCUT2D eigenvalue weighted by atomic mass is 35.7. The molecule has 0 aliphatic carbocycles. The van der Waals surface area contributed by atoms with Gasteiger partial charge in [-0.25, -0.2) is 16.8 Å². The molecule has 0 atom stereocenters. The summed E-state index contributed by atoms with van der Waals surface area (Å²) in [6.07, 6.45) is -0.0457. The van der Waals surface area contributed by atoms with E-state index < -0.39 is 19.1 Å². The van der Waals surface area contributed by atoms with Crippen molar-refractivity contribution in [1.29, 1.82) is 0 Å². The predicted molar refractivity (Wildman–Crippen MR) is 82.7 cm³/mol. The van der Waals surface area contributed by atoms with Gasteiger partial charge in [-0.3, -0.25) is 4.72 Å². The molecule has 0 saturated heterocycles. The van der Waals surface area contributed by atoms with Gasteiger partial charge in [-0.05, 0) is 44.5 Å². The molecule has 0 saturated carbocycles. The van der Waals surface area contributed by atoms with Gasteiger partial charge in [-0.15, -0.1) is 0 Å². The second kappa shape index (κ2) is 6.95. The molecule has 1 N–H and O–H groups in total. The van der Waals surface area contributed by atoms with Crippen molar-refractivity contribution in [3.05, 3.63) is 23.8 Å². The molecule has 0 aliphatic rings. The summed E-state index contributed by atoms with van der Waals surface area (Å²) in [4.78, 5) is -0.0461. The standard InChI is InChI=1S/C12H18ClNO5S2/c1-9(2)19-6-7-20(15,16)14-11-4-5-12(10(3)8-11)21(13,17)18/h4-5,8-9,14H,6-7H2,1-3H3. The van der Waals surface area contributed by atoms with Crippen molar-refractivity contribution in [2.24, 2.45) is 0 Å². The summed E-state index contributed by atoms with van der Waals surface area (Å²) in [6.45, 7) is 5.25. The number of ether oxygens (including phenoxy) is 1. The molecule has 0 bridgehead atoms. The minimum atomic E-state index is -3.84. The average Bonchev–Trinajstić information content (AvgIpc) is 2.25. The molecule has 0 heterocycles. The quantitative estimate of drug-likeness (QED) is 0.756. The van der Waals surface area contributed by atoms with Crippen molar-refractivity contribution in [3.63, 3.8) is 0 Å². The molecule has 0 fully saturated rings. The van der Waals surface area contributed by atoms with Crippen molar-refractivity contribution < 1.29 is 21.6 Å². The highest BCUT2D eigenvalue weighted by Crippen LogP contribution is 2.23. The Kier molecular flexibility index (Phi) is 6.03. The number of anilines is 1. The van der Waals surface area contributed by atoms with E-state index in [-0.39, 0.29) is 29.0 Å². The van der Waals surface area contributed by atoms with Gasteiger partial charge in [0.2, 0.25) is 10.0 Å². The lowest BCUT2D eigenvalue weighted by Gasteiger charge is -2.11. The molecule has 9 heteroatoms. The van der Waals surface area contributed by atoms with Crippen LogP contribution in [0.15, 0.2) is 23.1 Å². The monoisotopic (exact) mass is 355 g/mol. The summed E-state index contributed by atoms with van der Waals surface area (Å²) in [5.74, 6) is -0.181. The summed E-state index contributed by atoms with van der Waals surface area (Å²) < 4.78 is 53.8. The van der Waals surface area contributed by atoms with Crippen molar-refractivity contribution in [2.45, 2.75) is 31.8 Å². The Morgan fingerprint density at radius 3 is 2.33 bits per heavy atom. The topological polar surface area (TPSA) is 89.5 Å². The molecule has 1 aromatic rings. The van der Waals surface area contributed by atoms with E-state index in [0.29, 0.717) is 5.56 Å². The third-order valence-electron chi connectivity index (χ3n) is 2.51. The van der Waals surface area contributed by atoms with Gasteiger partial charge >= 0.3 is 0 Å². The van der Waals surface area contributed by atoms with Gasteiger partial charge in [0.05, 0.1) is 23.4 Å². The van der Waals surface area contributed by atoms with Gasteiger partial charge in [-0.2, -0.15) is 0 Å². The summed E-state index contributed by atoms with van der Waals surface area (Å²) >= 11 is 0. The van der Waals surface area contributed by atoms with Gasteiger partial charge in [0.15, 0.2) is 0 Å². The zero-order chi connectivity index (χ0) is 16.3. The highest BCUT2D eigenvalue weighted by molar-refractivity contribution is 8.13. The van der Waals surface area contributed by atoms with Crippen LogP contribution in [0.1, 0.15) is 19.4 Å². The fourth-order valence-corrected chi connectivity index (χ4v) is 3.71. The van der Waals surface area contributed by atoms with Crippen LogP contribution in [-0.2, 0) is 23.8 Å². The van der Waals surface area contributed by atoms with Crippen LogP contribution >= 0.6 is 10.7 Å². The molecule has 6 nitrogen and oxygen atoms in total. The molecule has 0 aliphatic heterocycles. The Labute approximate surface area is 129 Å². The Hall–Kier alpha value is -0.830. The first kappa shape index (κ1) is 18.2. The van der Waals surface area contributed by atoms with E-state index in [0.717, 1.165) is 0 Å². The molecule has 0 amide bonds. The Morgan fingerprint density at radius 2 is 1.86 bits per heavy atom. The number of hydrogen-bond donors (Lipinski definition) is 1. The SMILES string of the molecule is Cc1cc(NS(=O)(=O)CCOC(C)C)ccc1S(=O)(=O)Cl. The zero-order valence-electron chi connectivity index (χ0n) is 12.0. The maximum atomic E-state index is 11.8. The second-order valence-corrected chi connectivity index (χ2v) is 9.13. The largest absolute Gasteiger partial charge is 0.378 e. The van der Waals surface area contributed by atoms with Gasteiger partial charge in [0.1, 0.15) is 0 Å². The van der Waals surface area contributed by atoms with Crippen LogP contribution in [0.4, 0.5) is 5.69 Å². The van der Waals surface area contributed by atoms with E-state index in [2.05, 4.69) is 4.72 Å². The van der Waals surface area contributed by atoms with Crippen LogP contribution in [-0.4, -0.2) is 35.3 Å². The predicted octanol–water partition coefficient (Wildman–Crippen LogP) is 2.09. The van der Waals surface area contributed by atoms with Gasteiger partial charge in [0.25, 0.3) is 9.05 Å². The normalized spacial score (nSPS) is 12.6. The molecule has 0 spiro atoms. The third kappa shape index (κ3) is 6.21. The number of halogens is 1. The summed E-state index contributed by atoms with van der Waals surface area (Å²) in [5.41, 5.74) is 0.643. The van der Waals surface area contributed by atoms with Crippen molar-refractivity contribution in [3.8, 4) is 0 Å². The smallest absolute Gasteiger partial charge is 0.261 e. The van der Waals surface area contributed by atoms with E-state index >= 15 is 0 Å². The number of hydrogen-bond acceptors (Lipinski definition) is 5. The Morgan fingerprint density at radius 1 is 1.24 bits per heavy atom. The van der Waals surface area contributed by atoms with Crippen LogP contribution in [0.5, 0.6) is 0 Å².